The molecule has 0 saturated carbocycles. The van der Waals surface area contributed by atoms with Crippen LogP contribution in [-0.2, 0) is 4.79 Å². The number of carbonyl (C=O) groups excluding carboxylic acids is 1. The van der Waals surface area contributed by atoms with Crippen molar-refractivity contribution in [2.24, 2.45) is 11.8 Å². The van der Waals surface area contributed by atoms with E-state index in [9.17, 15) is 4.79 Å². The third-order valence-corrected chi connectivity index (χ3v) is 2.35. The molecule has 2 bridgehead atoms. The second-order valence-corrected chi connectivity index (χ2v) is 3.13. The van der Waals surface area contributed by atoms with Crippen LogP contribution >= 0.6 is 11.6 Å². The van der Waals surface area contributed by atoms with E-state index in [2.05, 4.69) is 12.2 Å². The molecule has 0 amide bonds. The molecule has 0 aromatic carbocycles. The summed E-state index contributed by atoms with van der Waals surface area (Å²) in [6, 6.07) is 0. The van der Waals surface area contributed by atoms with Gasteiger partial charge in [0.1, 0.15) is 0 Å². The average molecular weight is 155 g/mol. The summed E-state index contributed by atoms with van der Waals surface area (Å²) >= 11 is 5.34. The number of hydrogen-bond donors (Lipinski definition) is 0. The van der Waals surface area contributed by atoms with Crippen LogP contribution in [0.3, 0.4) is 0 Å². The summed E-state index contributed by atoms with van der Waals surface area (Å²) in [5.41, 5.74) is 0.800. The Morgan fingerprint density at radius 3 is 2.70 bits per heavy atom. The SMILES string of the molecule is O=C(Cl)C1=CC2C=CC1C2. The van der Waals surface area contributed by atoms with Crippen LogP contribution in [0.5, 0.6) is 0 Å². The highest BCUT2D eigenvalue weighted by atomic mass is 35.5. The molecule has 52 valence electrons. The van der Waals surface area contributed by atoms with Gasteiger partial charge in [0, 0.05) is 11.5 Å². The van der Waals surface area contributed by atoms with E-state index in [0.29, 0.717) is 11.8 Å². The fourth-order valence-electron chi connectivity index (χ4n) is 1.65. The fourth-order valence-corrected chi connectivity index (χ4v) is 1.85. The molecule has 0 aromatic heterocycles. The van der Waals surface area contributed by atoms with Gasteiger partial charge in [-0.2, -0.15) is 0 Å². The molecule has 0 N–H and O–H groups in total. The van der Waals surface area contributed by atoms with Crippen molar-refractivity contribution >= 4 is 16.8 Å². The molecular weight excluding hydrogens is 148 g/mol. The van der Waals surface area contributed by atoms with Crippen LogP contribution in [0.4, 0.5) is 0 Å². The summed E-state index contributed by atoms with van der Waals surface area (Å²) in [4.78, 5) is 10.7. The van der Waals surface area contributed by atoms with Gasteiger partial charge in [-0.1, -0.05) is 18.2 Å². The van der Waals surface area contributed by atoms with Crippen molar-refractivity contribution in [3.63, 3.8) is 0 Å². The highest BCUT2D eigenvalue weighted by Crippen LogP contribution is 2.38. The van der Waals surface area contributed by atoms with Crippen molar-refractivity contribution in [2.45, 2.75) is 6.42 Å². The van der Waals surface area contributed by atoms with Crippen LogP contribution in [0.1, 0.15) is 6.42 Å². The molecule has 10 heavy (non-hydrogen) atoms. The molecule has 0 saturated heterocycles. The third kappa shape index (κ3) is 0.739. The van der Waals surface area contributed by atoms with Gasteiger partial charge >= 0.3 is 0 Å². The van der Waals surface area contributed by atoms with Gasteiger partial charge in [0.15, 0.2) is 0 Å². The zero-order valence-electron chi connectivity index (χ0n) is 5.38. The van der Waals surface area contributed by atoms with Crippen molar-refractivity contribution in [3.8, 4) is 0 Å². The topological polar surface area (TPSA) is 17.1 Å². The van der Waals surface area contributed by atoms with Crippen LogP contribution in [0.2, 0.25) is 0 Å². The van der Waals surface area contributed by atoms with E-state index in [-0.39, 0.29) is 5.24 Å². The zero-order chi connectivity index (χ0) is 7.14. The molecule has 2 aliphatic rings. The molecule has 0 aromatic rings. The number of fused-ring (bicyclic) bond motifs is 2. The van der Waals surface area contributed by atoms with Gasteiger partial charge in [0.2, 0.25) is 5.24 Å². The number of hydrogen-bond acceptors (Lipinski definition) is 1. The summed E-state index contributed by atoms with van der Waals surface area (Å²) in [5, 5.41) is -0.281. The van der Waals surface area contributed by atoms with Gasteiger partial charge in [-0.3, -0.25) is 4.79 Å². The number of halogens is 1. The van der Waals surface area contributed by atoms with Gasteiger partial charge in [-0.05, 0) is 23.9 Å². The molecule has 2 atom stereocenters. The van der Waals surface area contributed by atoms with Crippen LogP contribution in [-0.4, -0.2) is 5.24 Å². The van der Waals surface area contributed by atoms with E-state index < -0.39 is 0 Å². The van der Waals surface area contributed by atoms with Crippen LogP contribution in [0, 0.1) is 11.8 Å². The summed E-state index contributed by atoms with van der Waals surface area (Å²) < 4.78 is 0. The van der Waals surface area contributed by atoms with E-state index in [0.717, 1.165) is 12.0 Å². The maximum atomic E-state index is 10.7. The largest absolute Gasteiger partial charge is 0.276 e. The molecule has 0 fully saturated rings. The number of carbonyl (C=O) groups is 1. The average Bonchev–Trinajstić information content (AvgIpc) is 2.44. The molecule has 2 aliphatic carbocycles. The van der Waals surface area contributed by atoms with E-state index in [4.69, 9.17) is 11.6 Å². The van der Waals surface area contributed by atoms with Gasteiger partial charge in [-0.15, -0.1) is 0 Å². The first-order chi connectivity index (χ1) is 4.77. The molecule has 0 spiro atoms. The molecule has 0 heterocycles. The molecule has 0 radical (unpaired) electrons. The minimum atomic E-state index is -0.281. The predicted molar refractivity (Wildman–Crippen MR) is 39.7 cm³/mol. The highest BCUT2D eigenvalue weighted by Gasteiger charge is 2.30. The fraction of sp³-hybridized carbons (Fsp3) is 0.375. The van der Waals surface area contributed by atoms with Crippen LogP contribution in [0.25, 0.3) is 0 Å². The lowest BCUT2D eigenvalue weighted by atomic mass is 10.1. The van der Waals surface area contributed by atoms with Crippen molar-refractivity contribution in [2.75, 3.05) is 0 Å². The van der Waals surface area contributed by atoms with Crippen molar-refractivity contribution in [3.05, 3.63) is 23.8 Å². The highest BCUT2D eigenvalue weighted by molar-refractivity contribution is 6.67. The molecule has 0 aliphatic heterocycles. The lowest BCUT2D eigenvalue weighted by Crippen LogP contribution is -2.00. The molecule has 1 nitrogen and oxygen atoms in total. The Bertz CT molecular complexity index is 240. The van der Waals surface area contributed by atoms with Crippen LogP contribution in [0.15, 0.2) is 23.8 Å². The Balaban J connectivity index is 2.29. The molecular formula is C8H7ClO. The normalized spacial score (nSPS) is 34.7. The first-order valence-corrected chi connectivity index (χ1v) is 3.75. The Hall–Kier alpha value is -0.560. The number of allylic oxidation sites excluding steroid dienone is 4. The summed E-state index contributed by atoms with van der Waals surface area (Å²) in [6.45, 7) is 0. The van der Waals surface area contributed by atoms with Crippen LogP contribution < -0.4 is 0 Å². The predicted octanol–water partition coefficient (Wildman–Crippen LogP) is 1.88. The Morgan fingerprint density at radius 2 is 2.40 bits per heavy atom. The van der Waals surface area contributed by atoms with Crippen molar-refractivity contribution in [1.82, 2.24) is 0 Å². The van der Waals surface area contributed by atoms with Gasteiger partial charge in [-0.25, -0.2) is 0 Å². The van der Waals surface area contributed by atoms with Gasteiger partial charge in [0.05, 0.1) is 0 Å². The van der Waals surface area contributed by atoms with Gasteiger partial charge in [0.25, 0.3) is 0 Å². The quantitative estimate of drug-likeness (QED) is 0.417. The smallest absolute Gasteiger partial charge is 0.248 e. The second kappa shape index (κ2) is 1.96. The van der Waals surface area contributed by atoms with Crippen molar-refractivity contribution < 1.29 is 4.79 Å². The first-order valence-electron chi connectivity index (χ1n) is 3.37. The molecule has 2 unspecified atom stereocenters. The standard InChI is InChI=1S/C8H7ClO/c9-8(10)7-4-5-1-2-6(7)3-5/h1-2,4-6H,3H2. The van der Waals surface area contributed by atoms with Gasteiger partial charge < -0.3 is 0 Å². The minimum Gasteiger partial charge on any atom is -0.276 e. The number of rotatable bonds is 1. The van der Waals surface area contributed by atoms with E-state index >= 15 is 0 Å². The Labute approximate surface area is 64.4 Å². The Morgan fingerprint density at radius 1 is 1.60 bits per heavy atom. The minimum absolute atomic E-state index is 0.281. The molecule has 2 rings (SSSR count). The second-order valence-electron chi connectivity index (χ2n) is 2.79. The maximum Gasteiger partial charge on any atom is 0.248 e. The summed E-state index contributed by atoms with van der Waals surface area (Å²) in [6.07, 6.45) is 7.24. The lowest BCUT2D eigenvalue weighted by molar-refractivity contribution is -0.108. The zero-order valence-corrected chi connectivity index (χ0v) is 6.14. The molecule has 2 heteroatoms. The third-order valence-electron chi connectivity index (χ3n) is 2.14. The van der Waals surface area contributed by atoms with E-state index in [1.165, 1.54) is 0 Å². The lowest BCUT2D eigenvalue weighted by Gasteiger charge is -2.01. The first kappa shape index (κ1) is 6.17. The maximum absolute atomic E-state index is 10.7. The van der Waals surface area contributed by atoms with E-state index in [1.54, 1.807) is 0 Å². The summed E-state index contributed by atoms with van der Waals surface area (Å²) in [7, 11) is 0. The van der Waals surface area contributed by atoms with Crippen molar-refractivity contribution in [1.29, 1.82) is 0 Å². The Kier molecular flexibility index (Phi) is 1.21. The van der Waals surface area contributed by atoms with E-state index in [1.807, 2.05) is 6.08 Å². The monoisotopic (exact) mass is 154 g/mol. The summed E-state index contributed by atoms with van der Waals surface area (Å²) in [5.74, 6) is 0.817.